The molecular weight excluding hydrogens is 220 g/mol. The van der Waals surface area contributed by atoms with E-state index < -0.39 is 0 Å². The third-order valence-corrected chi connectivity index (χ3v) is 3.25. The predicted octanol–water partition coefficient (Wildman–Crippen LogP) is 3.13. The van der Waals surface area contributed by atoms with Gasteiger partial charge in [-0.05, 0) is 30.9 Å². The van der Waals surface area contributed by atoms with Crippen LogP contribution in [0.15, 0.2) is 54.6 Å². The number of hydrogen-bond acceptors (Lipinski definition) is 2. The number of nitrogens with one attached hydrogen (secondary N) is 1. The zero-order valence-electron chi connectivity index (χ0n) is 10.8. The Kier molecular flexibility index (Phi) is 4.51. The van der Waals surface area contributed by atoms with Gasteiger partial charge in [0.1, 0.15) is 0 Å². The van der Waals surface area contributed by atoms with Crippen LogP contribution < -0.4 is 11.3 Å². The minimum Gasteiger partial charge on any atom is -0.271 e. The molecule has 0 saturated heterocycles. The van der Waals surface area contributed by atoms with Crippen LogP contribution in [0.3, 0.4) is 0 Å². The fraction of sp³-hybridized carbons (Fsp3) is 0.250. The Morgan fingerprint density at radius 1 is 1.00 bits per heavy atom. The molecule has 2 rings (SSSR count). The van der Waals surface area contributed by atoms with Crippen molar-refractivity contribution in [1.82, 2.24) is 5.43 Å². The summed E-state index contributed by atoms with van der Waals surface area (Å²) >= 11 is 0. The first kappa shape index (κ1) is 12.8. The van der Waals surface area contributed by atoms with Crippen molar-refractivity contribution < 1.29 is 0 Å². The molecule has 94 valence electrons. The van der Waals surface area contributed by atoms with Crippen molar-refractivity contribution in [2.24, 2.45) is 5.84 Å². The molecule has 0 spiro atoms. The van der Waals surface area contributed by atoms with Crippen molar-refractivity contribution in [1.29, 1.82) is 0 Å². The van der Waals surface area contributed by atoms with Gasteiger partial charge in [-0.1, -0.05) is 60.2 Å². The van der Waals surface area contributed by atoms with Crippen LogP contribution in [-0.4, -0.2) is 0 Å². The molecule has 0 bridgehead atoms. The van der Waals surface area contributed by atoms with Crippen LogP contribution in [0, 0.1) is 6.92 Å². The maximum absolute atomic E-state index is 5.64. The van der Waals surface area contributed by atoms with E-state index in [0.717, 1.165) is 12.8 Å². The van der Waals surface area contributed by atoms with Crippen LogP contribution in [0.5, 0.6) is 0 Å². The normalized spacial score (nSPS) is 12.3. The van der Waals surface area contributed by atoms with Crippen molar-refractivity contribution in [2.45, 2.75) is 25.8 Å². The summed E-state index contributed by atoms with van der Waals surface area (Å²) in [6.07, 6.45) is 2.04. The molecule has 0 aliphatic carbocycles. The topological polar surface area (TPSA) is 38.0 Å². The Morgan fingerprint density at radius 2 is 1.67 bits per heavy atom. The number of aryl methyl sites for hydroxylation is 2. The lowest BCUT2D eigenvalue weighted by atomic mass is 9.99. The minimum atomic E-state index is 0.215. The quantitative estimate of drug-likeness (QED) is 0.622. The monoisotopic (exact) mass is 240 g/mol. The molecule has 1 atom stereocenters. The SMILES string of the molecule is Cc1ccc(CCC(NN)c2ccccc2)cc1. The van der Waals surface area contributed by atoms with E-state index >= 15 is 0 Å². The van der Waals surface area contributed by atoms with Crippen LogP contribution in [0.1, 0.15) is 29.2 Å². The molecule has 2 aromatic rings. The number of nitrogens with two attached hydrogens (primary N) is 1. The molecule has 0 radical (unpaired) electrons. The van der Waals surface area contributed by atoms with Crippen LogP contribution in [-0.2, 0) is 6.42 Å². The Morgan fingerprint density at radius 3 is 2.28 bits per heavy atom. The molecule has 0 fully saturated rings. The molecule has 2 heteroatoms. The molecule has 0 aromatic heterocycles. The van der Waals surface area contributed by atoms with E-state index in [9.17, 15) is 0 Å². The van der Waals surface area contributed by atoms with Gasteiger partial charge in [-0.3, -0.25) is 11.3 Å². The summed E-state index contributed by atoms with van der Waals surface area (Å²) in [6.45, 7) is 2.11. The molecular formula is C16H20N2. The van der Waals surface area contributed by atoms with Crippen molar-refractivity contribution in [3.05, 3.63) is 71.3 Å². The molecule has 1 unspecified atom stereocenters. The Hall–Kier alpha value is -1.64. The van der Waals surface area contributed by atoms with E-state index in [-0.39, 0.29) is 6.04 Å². The van der Waals surface area contributed by atoms with E-state index in [0.29, 0.717) is 0 Å². The summed E-state index contributed by atoms with van der Waals surface area (Å²) in [5.41, 5.74) is 6.80. The van der Waals surface area contributed by atoms with Gasteiger partial charge >= 0.3 is 0 Å². The first-order valence-corrected chi connectivity index (χ1v) is 6.36. The zero-order chi connectivity index (χ0) is 12.8. The minimum absolute atomic E-state index is 0.215. The summed E-state index contributed by atoms with van der Waals surface area (Å²) in [4.78, 5) is 0. The first-order chi connectivity index (χ1) is 8.79. The second kappa shape index (κ2) is 6.34. The third kappa shape index (κ3) is 3.42. The molecule has 0 saturated carbocycles. The van der Waals surface area contributed by atoms with Gasteiger partial charge in [-0.2, -0.15) is 0 Å². The Balaban J connectivity index is 1.97. The molecule has 2 nitrogen and oxygen atoms in total. The highest BCUT2D eigenvalue weighted by atomic mass is 15.2. The summed E-state index contributed by atoms with van der Waals surface area (Å²) in [6, 6.07) is 19.2. The molecule has 18 heavy (non-hydrogen) atoms. The third-order valence-electron chi connectivity index (χ3n) is 3.25. The number of hydrogen-bond donors (Lipinski definition) is 2. The molecule has 0 aliphatic rings. The van der Waals surface area contributed by atoms with Crippen LogP contribution >= 0.6 is 0 Å². The van der Waals surface area contributed by atoms with Crippen molar-refractivity contribution in [2.75, 3.05) is 0 Å². The molecule has 3 N–H and O–H groups in total. The molecule has 2 aromatic carbocycles. The number of rotatable bonds is 5. The predicted molar refractivity (Wildman–Crippen MR) is 76.0 cm³/mol. The smallest absolute Gasteiger partial charge is 0.0463 e. The fourth-order valence-electron chi connectivity index (χ4n) is 2.10. The van der Waals surface area contributed by atoms with Gasteiger partial charge in [-0.15, -0.1) is 0 Å². The first-order valence-electron chi connectivity index (χ1n) is 6.36. The van der Waals surface area contributed by atoms with Gasteiger partial charge in [0.2, 0.25) is 0 Å². The van der Waals surface area contributed by atoms with Crippen LogP contribution in [0.2, 0.25) is 0 Å². The summed E-state index contributed by atoms with van der Waals surface area (Å²) in [5, 5.41) is 0. The highest BCUT2D eigenvalue weighted by Gasteiger charge is 2.08. The van der Waals surface area contributed by atoms with E-state index in [1.54, 1.807) is 0 Å². The largest absolute Gasteiger partial charge is 0.271 e. The number of benzene rings is 2. The van der Waals surface area contributed by atoms with Gasteiger partial charge in [0, 0.05) is 6.04 Å². The second-order valence-corrected chi connectivity index (χ2v) is 4.65. The van der Waals surface area contributed by atoms with Crippen molar-refractivity contribution >= 4 is 0 Å². The summed E-state index contributed by atoms with van der Waals surface area (Å²) < 4.78 is 0. The lowest BCUT2D eigenvalue weighted by Crippen LogP contribution is -2.28. The average molecular weight is 240 g/mol. The van der Waals surface area contributed by atoms with Gasteiger partial charge in [0.25, 0.3) is 0 Å². The molecule has 0 amide bonds. The van der Waals surface area contributed by atoms with E-state index in [1.165, 1.54) is 16.7 Å². The maximum Gasteiger partial charge on any atom is 0.0463 e. The van der Waals surface area contributed by atoms with Gasteiger partial charge in [-0.25, -0.2) is 0 Å². The summed E-state index contributed by atoms with van der Waals surface area (Å²) in [7, 11) is 0. The highest BCUT2D eigenvalue weighted by Crippen LogP contribution is 2.18. The second-order valence-electron chi connectivity index (χ2n) is 4.65. The van der Waals surface area contributed by atoms with E-state index in [1.807, 2.05) is 18.2 Å². The lowest BCUT2D eigenvalue weighted by Gasteiger charge is -2.16. The van der Waals surface area contributed by atoms with Crippen molar-refractivity contribution in [3.63, 3.8) is 0 Å². The number of hydrazine groups is 1. The molecule has 0 heterocycles. The standard InChI is InChI=1S/C16H20N2/c1-13-7-9-14(10-8-13)11-12-16(18-17)15-5-3-2-4-6-15/h2-10,16,18H,11-12,17H2,1H3. The molecule has 0 aliphatic heterocycles. The fourth-order valence-corrected chi connectivity index (χ4v) is 2.10. The van der Waals surface area contributed by atoms with Crippen LogP contribution in [0.25, 0.3) is 0 Å². The highest BCUT2D eigenvalue weighted by molar-refractivity contribution is 5.23. The van der Waals surface area contributed by atoms with Gasteiger partial charge < -0.3 is 0 Å². The summed E-state index contributed by atoms with van der Waals surface area (Å²) in [5.74, 6) is 5.64. The van der Waals surface area contributed by atoms with E-state index in [2.05, 4.69) is 48.7 Å². The van der Waals surface area contributed by atoms with E-state index in [4.69, 9.17) is 5.84 Å². The maximum atomic E-state index is 5.64. The van der Waals surface area contributed by atoms with Gasteiger partial charge in [0.05, 0.1) is 0 Å². The Labute approximate surface area is 109 Å². The average Bonchev–Trinajstić information content (AvgIpc) is 2.43. The van der Waals surface area contributed by atoms with Gasteiger partial charge in [0.15, 0.2) is 0 Å². The Bertz CT molecular complexity index is 462. The van der Waals surface area contributed by atoms with Crippen LogP contribution in [0.4, 0.5) is 0 Å². The van der Waals surface area contributed by atoms with Crippen molar-refractivity contribution in [3.8, 4) is 0 Å². The lowest BCUT2D eigenvalue weighted by molar-refractivity contribution is 0.516. The zero-order valence-corrected chi connectivity index (χ0v) is 10.8.